The van der Waals surface area contributed by atoms with Crippen molar-refractivity contribution in [2.75, 3.05) is 20.3 Å². The van der Waals surface area contributed by atoms with Gasteiger partial charge in [0, 0.05) is 37.9 Å². The van der Waals surface area contributed by atoms with E-state index in [1.54, 1.807) is 36.0 Å². The van der Waals surface area contributed by atoms with Gasteiger partial charge in [0.05, 0.1) is 47.5 Å². The van der Waals surface area contributed by atoms with Gasteiger partial charge in [-0.25, -0.2) is 14.6 Å². The number of ether oxygens (including phenoxy) is 2. The van der Waals surface area contributed by atoms with Crippen LogP contribution in [0.2, 0.25) is 0 Å². The number of amides is 1. The number of carbonyl (C=O) groups excluding carboxylic acids is 1. The van der Waals surface area contributed by atoms with Crippen molar-refractivity contribution in [3.05, 3.63) is 53.1 Å². The van der Waals surface area contributed by atoms with Gasteiger partial charge in [-0.2, -0.15) is 4.39 Å². The standard InChI is InChI=1S/C28H28FN7O4/c1-33-14-19(25(29)32-33)23-21-15-4-8-18(9-5-15)40-11-10-35(28(38)39-3)16-6-7-17(12-16)36-24-20(34(2)27(36)37)13-30-26(31-23)22(21)24/h4-5,8-9,13-14,16-17H,6-7,10-12H2,1-3H3,(H,30,31)/t16-,17-/m1/s1. The summed E-state index contributed by atoms with van der Waals surface area (Å²) in [5, 5.41) is 4.65. The van der Waals surface area contributed by atoms with Crippen molar-refractivity contribution >= 4 is 28.2 Å². The third-order valence-electron chi connectivity index (χ3n) is 8.26. The Morgan fingerprint density at radius 1 is 1.18 bits per heavy atom. The van der Waals surface area contributed by atoms with E-state index in [4.69, 9.17) is 9.47 Å². The average Bonchev–Trinajstić information content (AvgIpc) is 3.70. The molecular weight excluding hydrogens is 517 g/mol. The molecule has 4 aromatic heterocycles. The lowest BCUT2D eigenvalue weighted by molar-refractivity contribution is 0.0958. The van der Waals surface area contributed by atoms with Crippen molar-refractivity contribution in [2.45, 2.75) is 31.3 Å². The van der Waals surface area contributed by atoms with Crippen molar-refractivity contribution in [3.8, 4) is 28.1 Å². The highest BCUT2D eigenvalue weighted by molar-refractivity contribution is 6.14. The zero-order valence-electron chi connectivity index (χ0n) is 22.3. The van der Waals surface area contributed by atoms with Crippen molar-refractivity contribution in [2.24, 2.45) is 14.1 Å². The number of nitrogens with zero attached hydrogens (tertiary/aromatic N) is 6. The molecule has 0 spiro atoms. The number of pyridine rings is 1. The molecule has 3 aliphatic rings. The van der Waals surface area contributed by atoms with Gasteiger partial charge in [0.15, 0.2) is 0 Å². The highest BCUT2D eigenvalue weighted by Gasteiger charge is 2.36. The number of aryl methyl sites for hydroxylation is 2. The van der Waals surface area contributed by atoms with E-state index in [1.165, 1.54) is 11.8 Å². The summed E-state index contributed by atoms with van der Waals surface area (Å²) in [6.45, 7) is 0.644. The van der Waals surface area contributed by atoms with Crippen LogP contribution in [0.3, 0.4) is 0 Å². The predicted octanol–water partition coefficient (Wildman–Crippen LogP) is 3.98. The summed E-state index contributed by atoms with van der Waals surface area (Å²) < 4.78 is 31.0. The summed E-state index contributed by atoms with van der Waals surface area (Å²) in [4.78, 5) is 36.2. The van der Waals surface area contributed by atoms with E-state index in [2.05, 4.69) is 15.1 Å². The Labute approximate surface area is 227 Å². The molecule has 6 heterocycles. The number of hydrogen-bond donors (Lipinski definition) is 1. The molecule has 1 saturated carbocycles. The van der Waals surface area contributed by atoms with E-state index >= 15 is 4.39 Å². The number of H-pyrrole nitrogens is 1. The maximum atomic E-state index is 15.1. The molecule has 1 amide bonds. The molecule has 11 nitrogen and oxygen atoms in total. The summed E-state index contributed by atoms with van der Waals surface area (Å²) in [5.74, 6) is 0.0333. The van der Waals surface area contributed by atoms with Crippen LogP contribution in [0.5, 0.6) is 5.75 Å². The van der Waals surface area contributed by atoms with Crippen LogP contribution < -0.4 is 10.4 Å². The highest BCUT2D eigenvalue weighted by atomic mass is 19.1. The second kappa shape index (κ2) is 8.97. The van der Waals surface area contributed by atoms with Crippen LogP contribution in [0.4, 0.5) is 9.18 Å². The van der Waals surface area contributed by atoms with Gasteiger partial charge in [-0.15, -0.1) is 5.10 Å². The number of hydrogen-bond acceptors (Lipinski definition) is 6. The molecule has 2 aliphatic heterocycles. The molecule has 2 atom stereocenters. The molecular formula is C28H28FN7O4. The normalized spacial score (nSPS) is 18.9. The second-order valence-corrected chi connectivity index (χ2v) is 10.5. The van der Waals surface area contributed by atoms with Crippen LogP contribution >= 0.6 is 0 Å². The number of fused-ring (bicyclic) bond motifs is 5. The fourth-order valence-electron chi connectivity index (χ4n) is 6.41. The minimum atomic E-state index is -0.607. The molecule has 206 valence electrons. The molecule has 0 radical (unpaired) electrons. The minimum Gasteiger partial charge on any atom is -0.492 e. The van der Waals surface area contributed by atoms with E-state index in [0.29, 0.717) is 47.6 Å². The Balaban J connectivity index is 1.56. The van der Waals surface area contributed by atoms with Gasteiger partial charge in [0.25, 0.3) is 0 Å². The van der Waals surface area contributed by atoms with Gasteiger partial charge < -0.3 is 19.4 Å². The number of aromatic nitrogens is 6. The Morgan fingerprint density at radius 3 is 2.67 bits per heavy atom. The number of carbonyl (C=O) groups is 1. The molecule has 0 unspecified atom stereocenters. The van der Waals surface area contributed by atoms with E-state index in [0.717, 1.165) is 28.5 Å². The van der Waals surface area contributed by atoms with Crippen molar-refractivity contribution in [1.82, 2.24) is 33.8 Å². The third kappa shape index (κ3) is 3.55. The van der Waals surface area contributed by atoms with Crippen LogP contribution in [0.15, 0.2) is 41.5 Å². The topological polar surface area (TPSA) is 112 Å². The first kappa shape index (κ1) is 24.4. The maximum absolute atomic E-state index is 15.1. The van der Waals surface area contributed by atoms with Crippen molar-refractivity contribution in [1.29, 1.82) is 0 Å². The molecule has 5 aromatic rings. The van der Waals surface area contributed by atoms with E-state index in [-0.39, 0.29) is 24.4 Å². The first-order valence-corrected chi connectivity index (χ1v) is 13.2. The number of rotatable bonds is 1. The molecule has 0 saturated heterocycles. The molecule has 4 bridgehead atoms. The van der Waals surface area contributed by atoms with Crippen molar-refractivity contribution in [3.63, 3.8) is 0 Å². The van der Waals surface area contributed by atoms with Crippen LogP contribution in [-0.2, 0) is 18.8 Å². The molecule has 8 rings (SSSR count). The SMILES string of the molecule is COC(=O)N1CCOc2ccc(cc2)-c2c(-c3cn(C)nc3F)[nH]c3ncc4c(c23)n(c(=O)n4C)[C@@H]2CC[C@@H]1C2. The van der Waals surface area contributed by atoms with Crippen LogP contribution in [-0.4, -0.2) is 66.2 Å². The third-order valence-corrected chi connectivity index (χ3v) is 8.26. The van der Waals surface area contributed by atoms with Gasteiger partial charge in [0.2, 0.25) is 5.95 Å². The quantitative estimate of drug-likeness (QED) is 0.341. The summed E-state index contributed by atoms with van der Waals surface area (Å²) in [5.41, 5.74) is 4.15. The first-order chi connectivity index (χ1) is 19.4. The smallest absolute Gasteiger partial charge is 0.409 e. The highest BCUT2D eigenvalue weighted by Crippen LogP contribution is 2.43. The summed E-state index contributed by atoms with van der Waals surface area (Å²) >= 11 is 0. The lowest BCUT2D eigenvalue weighted by atomic mass is 9.99. The Bertz CT molecular complexity index is 1850. The van der Waals surface area contributed by atoms with Gasteiger partial charge in [0.1, 0.15) is 18.0 Å². The fourth-order valence-corrected chi connectivity index (χ4v) is 6.41. The van der Waals surface area contributed by atoms with E-state index in [9.17, 15) is 9.59 Å². The zero-order valence-corrected chi connectivity index (χ0v) is 22.3. The van der Waals surface area contributed by atoms with Gasteiger partial charge in [-0.3, -0.25) is 13.8 Å². The summed E-state index contributed by atoms with van der Waals surface area (Å²) in [6.07, 6.45) is 4.91. The van der Waals surface area contributed by atoms with Gasteiger partial charge in [-0.05, 0) is 37.0 Å². The van der Waals surface area contributed by atoms with E-state index in [1.807, 2.05) is 28.8 Å². The molecule has 1 aliphatic carbocycles. The zero-order chi connectivity index (χ0) is 27.7. The van der Waals surface area contributed by atoms with E-state index < -0.39 is 12.0 Å². The Kier molecular flexibility index (Phi) is 5.48. The van der Waals surface area contributed by atoms with Crippen LogP contribution in [0.25, 0.3) is 44.5 Å². The lowest BCUT2D eigenvalue weighted by Crippen LogP contribution is -2.41. The molecule has 1 N–H and O–H groups in total. The number of methoxy groups -OCH3 is 1. The fraction of sp³-hybridized carbons (Fsp3) is 0.357. The minimum absolute atomic E-state index is 0.113. The Hall–Kier alpha value is -4.61. The molecule has 40 heavy (non-hydrogen) atoms. The number of benzene rings is 1. The first-order valence-electron chi connectivity index (χ1n) is 13.2. The monoisotopic (exact) mass is 545 g/mol. The lowest BCUT2D eigenvalue weighted by Gasteiger charge is -2.27. The molecule has 1 fully saturated rings. The van der Waals surface area contributed by atoms with Gasteiger partial charge >= 0.3 is 11.8 Å². The summed E-state index contributed by atoms with van der Waals surface area (Å²) in [6, 6.07) is 7.23. The largest absolute Gasteiger partial charge is 0.492 e. The average molecular weight is 546 g/mol. The van der Waals surface area contributed by atoms with Crippen LogP contribution in [0.1, 0.15) is 25.3 Å². The number of nitrogens with one attached hydrogen (secondary N) is 1. The number of halogens is 1. The Morgan fingerprint density at radius 2 is 1.95 bits per heavy atom. The molecule has 1 aromatic carbocycles. The van der Waals surface area contributed by atoms with Gasteiger partial charge in [-0.1, -0.05) is 12.1 Å². The number of aromatic amines is 1. The van der Waals surface area contributed by atoms with Crippen LogP contribution in [0, 0.1) is 5.95 Å². The van der Waals surface area contributed by atoms with Crippen molar-refractivity contribution < 1.29 is 18.7 Å². The number of imidazole rings is 1. The second-order valence-electron chi connectivity index (χ2n) is 10.5. The summed E-state index contributed by atoms with van der Waals surface area (Å²) in [7, 11) is 4.78. The molecule has 12 heteroatoms. The predicted molar refractivity (Wildman–Crippen MR) is 146 cm³/mol. The maximum Gasteiger partial charge on any atom is 0.409 e.